The number of allylic oxidation sites excluding steroid dienone is 5. The first-order valence-corrected chi connectivity index (χ1v) is 6.22. The second kappa shape index (κ2) is 4.88. The molecule has 1 aliphatic heterocycles. The Hall–Kier alpha value is -1.02. The highest BCUT2D eigenvalue weighted by molar-refractivity contribution is 5.39. The molecule has 2 rings (SSSR count). The van der Waals surface area contributed by atoms with Gasteiger partial charge >= 0.3 is 0 Å². The molecule has 0 radical (unpaired) electrons. The van der Waals surface area contributed by atoms with Crippen molar-refractivity contribution in [1.29, 1.82) is 0 Å². The highest BCUT2D eigenvalue weighted by Gasteiger charge is 2.19. The van der Waals surface area contributed by atoms with Gasteiger partial charge in [0.05, 0.1) is 0 Å². The third-order valence-electron chi connectivity index (χ3n) is 3.61. The van der Waals surface area contributed by atoms with E-state index < -0.39 is 0 Å². The molecule has 16 heavy (non-hydrogen) atoms. The van der Waals surface area contributed by atoms with Crippen molar-refractivity contribution in [2.45, 2.75) is 20.8 Å². The summed E-state index contributed by atoms with van der Waals surface area (Å²) in [6.45, 7) is 11.2. The van der Waals surface area contributed by atoms with Crippen LogP contribution in [0.2, 0.25) is 0 Å². The van der Waals surface area contributed by atoms with Crippen LogP contribution in [-0.2, 0) is 0 Å². The minimum atomic E-state index is 0.554. The molecule has 1 unspecified atom stereocenters. The molecule has 1 saturated heterocycles. The Balaban J connectivity index is 2.30. The number of nitrogens with zero attached hydrogens (tertiary/aromatic N) is 1. The summed E-state index contributed by atoms with van der Waals surface area (Å²) < 4.78 is 0. The molecule has 1 atom stereocenters. The Morgan fingerprint density at radius 2 is 1.94 bits per heavy atom. The summed E-state index contributed by atoms with van der Waals surface area (Å²) in [5, 5.41) is 3.41. The lowest BCUT2D eigenvalue weighted by Crippen LogP contribution is -2.43. The Kier molecular flexibility index (Phi) is 3.49. The molecule has 1 N–H and O–H groups in total. The summed E-state index contributed by atoms with van der Waals surface area (Å²) in [5.41, 5.74) is 4.38. The van der Waals surface area contributed by atoms with Gasteiger partial charge in [0.1, 0.15) is 0 Å². The molecule has 0 amide bonds. The monoisotopic (exact) mass is 218 g/mol. The minimum absolute atomic E-state index is 0.554. The molecule has 2 heteroatoms. The number of piperazine rings is 1. The lowest BCUT2D eigenvalue weighted by atomic mass is 9.98. The largest absolute Gasteiger partial charge is 0.369 e. The van der Waals surface area contributed by atoms with E-state index in [4.69, 9.17) is 0 Å². The lowest BCUT2D eigenvalue weighted by molar-refractivity contribution is 0.300. The van der Waals surface area contributed by atoms with Crippen molar-refractivity contribution in [3.63, 3.8) is 0 Å². The maximum Gasteiger partial charge on any atom is 0.0391 e. The van der Waals surface area contributed by atoms with Crippen molar-refractivity contribution in [2.75, 3.05) is 26.2 Å². The van der Waals surface area contributed by atoms with E-state index in [0.717, 1.165) is 26.2 Å². The number of hydrogen-bond acceptors (Lipinski definition) is 2. The standard InChI is InChI=1S/C14H22N2/c1-11-5-4-6-12(2)14(13(11)3)16-9-7-15-8-10-16/h4-6,11,15H,7-10H2,1-3H3. The molecule has 2 nitrogen and oxygen atoms in total. The Labute approximate surface area is 98.7 Å². The zero-order valence-corrected chi connectivity index (χ0v) is 10.6. The molecule has 88 valence electrons. The van der Waals surface area contributed by atoms with Gasteiger partial charge in [-0.05, 0) is 30.9 Å². The Morgan fingerprint density at radius 1 is 1.25 bits per heavy atom. The van der Waals surface area contributed by atoms with E-state index in [1.54, 1.807) is 0 Å². The van der Waals surface area contributed by atoms with E-state index >= 15 is 0 Å². The summed E-state index contributed by atoms with van der Waals surface area (Å²) >= 11 is 0. The summed E-state index contributed by atoms with van der Waals surface area (Å²) in [4.78, 5) is 2.53. The number of rotatable bonds is 1. The van der Waals surface area contributed by atoms with E-state index in [1.807, 2.05) is 0 Å². The molecule has 1 fully saturated rings. The lowest BCUT2D eigenvalue weighted by Gasteiger charge is -2.34. The maximum absolute atomic E-state index is 3.41. The van der Waals surface area contributed by atoms with Crippen LogP contribution in [0.25, 0.3) is 0 Å². The second-order valence-electron chi connectivity index (χ2n) is 4.79. The first-order valence-electron chi connectivity index (χ1n) is 6.22. The molecular weight excluding hydrogens is 196 g/mol. The minimum Gasteiger partial charge on any atom is -0.369 e. The molecule has 0 aromatic rings. The first-order chi connectivity index (χ1) is 7.70. The molecule has 2 aliphatic rings. The zero-order chi connectivity index (χ0) is 11.5. The van der Waals surface area contributed by atoms with Crippen LogP contribution in [-0.4, -0.2) is 31.1 Å². The van der Waals surface area contributed by atoms with Crippen molar-refractivity contribution in [3.05, 3.63) is 35.1 Å². The van der Waals surface area contributed by atoms with Gasteiger partial charge in [-0.25, -0.2) is 0 Å². The number of nitrogens with one attached hydrogen (secondary N) is 1. The average molecular weight is 218 g/mol. The van der Waals surface area contributed by atoms with Crippen LogP contribution < -0.4 is 5.32 Å². The smallest absolute Gasteiger partial charge is 0.0391 e. The van der Waals surface area contributed by atoms with E-state index in [9.17, 15) is 0 Å². The summed E-state index contributed by atoms with van der Waals surface area (Å²) in [7, 11) is 0. The topological polar surface area (TPSA) is 15.3 Å². The molecule has 1 aliphatic carbocycles. The van der Waals surface area contributed by atoms with Crippen LogP contribution in [0.5, 0.6) is 0 Å². The predicted molar refractivity (Wildman–Crippen MR) is 69.2 cm³/mol. The Bertz CT molecular complexity index is 344. The quantitative estimate of drug-likeness (QED) is 0.726. The molecule has 0 aromatic heterocycles. The van der Waals surface area contributed by atoms with Gasteiger partial charge in [0.15, 0.2) is 0 Å². The molecule has 0 bridgehead atoms. The maximum atomic E-state index is 3.41. The van der Waals surface area contributed by atoms with Gasteiger partial charge in [0.2, 0.25) is 0 Å². The molecule has 0 aromatic carbocycles. The fourth-order valence-electron chi connectivity index (χ4n) is 2.50. The highest BCUT2D eigenvalue weighted by atomic mass is 15.2. The molecule has 0 spiro atoms. The summed E-state index contributed by atoms with van der Waals surface area (Å²) in [6, 6.07) is 0. The Morgan fingerprint density at radius 3 is 2.62 bits per heavy atom. The fourth-order valence-corrected chi connectivity index (χ4v) is 2.50. The van der Waals surface area contributed by atoms with Crippen LogP contribution in [0.1, 0.15) is 20.8 Å². The van der Waals surface area contributed by atoms with Gasteiger partial charge in [-0.3, -0.25) is 0 Å². The van der Waals surface area contributed by atoms with Crippen LogP contribution >= 0.6 is 0 Å². The second-order valence-corrected chi connectivity index (χ2v) is 4.79. The molecule has 1 heterocycles. The first kappa shape index (κ1) is 11.5. The third-order valence-corrected chi connectivity index (χ3v) is 3.61. The predicted octanol–water partition coefficient (Wildman–Crippen LogP) is 2.32. The fraction of sp³-hybridized carbons (Fsp3) is 0.571. The van der Waals surface area contributed by atoms with E-state index in [2.05, 4.69) is 49.2 Å². The zero-order valence-electron chi connectivity index (χ0n) is 10.6. The van der Waals surface area contributed by atoms with Crippen LogP contribution in [0.4, 0.5) is 0 Å². The summed E-state index contributed by atoms with van der Waals surface area (Å²) in [6.07, 6.45) is 6.72. The van der Waals surface area contributed by atoms with Crippen molar-refractivity contribution >= 4 is 0 Å². The van der Waals surface area contributed by atoms with Crippen LogP contribution in [0.3, 0.4) is 0 Å². The molecule has 0 saturated carbocycles. The SMILES string of the molecule is CC1=CC=CC(C)C(C)=C1N1CCNCC1. The van der Waals surface area contributed by atoms with Gasteiger partial charge in [0.25, 0.3) is 0 Å². The van der Waals surface area contributed by atoms with Crippen molar-refractivity contribution in [1.82, 2.24) is 10.2 Å². The van der Waals surface area contributed by atoms with E-state index in [1.165, 1.54) is 16.8 Å². The highest BCUT2D eigenvalue weighted by Crippen LogP contribution is 2.27. The van der Waals surface area contributed by atoms with Gasteiger partial charge in [0, 0.05) is 31.9 Å². The number of hydrogen-bond donors (Lipinski definition) is 1. The summed E-state index contributed by atoms with van der Waals surface area (Å²) in [5.74, 6) is 0.554. The van der Waals surface area contributed by atoms with Gasteiger partial charge in [-0.15, -0.1) is 0 Å². The average Bonchev–Trinajstić information content (AvgIpc) is 2.41. The van der Waals surface area contributed by atoms with E-state index in [-0.39, 0.29) is 0 Å². The normalized spacial score (nSPS) is 26.8. The van der Waals surface area contributed by atoms with E-state index in [0.29, 0.717) is 5.92 Å². The van der Waals surface area contributed by atoms with Crippen molar-refractivity contribution < 1.29 is 0 Å². The van der Waals surface area contributed by atoms with Crippen LogP contribution in [0, 0.1) is 5.92 Å². The van der Waals surface area contributed by atoms with Gasteiger partial charge < -0.3 is 10.2 Å². The van der Waals surface area contributed by atoms with Crippen molar-refractivity contribution in [3.8, 4) is 0 Å². The molecular formula is C14H22N2. The van der Waals surface area contributed by atoms with Gasteiger partial charge in [-0.1, -0.05) is 25.2 Å². The van der Waals surface area contributed by atoms with Gasteiger partial charge in [-0.2, -0.15) is 0 Å². The third kappa shape index (κ3) is 2.22. The van der Waals surface area contributed by atoms with Crippen LogP contribution in [0.15, 0.2) is 35.1 Å². The van der Waals surface area contributed by atoms with Crippen molar-refractivity contribution in [2.24, 2.45) is 5.92 Å².